The molecule has 0 aromatic heterocycles. The van der Waals surface area contributed by atoms with E-state index in [0.29, 0.717) is 12.0 Å². The van der Waals surface area contributed by atoms with Crippen LogP contribution in [0.5, 0.6) is 0 Å². The Balaban J connectivity index is 1.91. The zero-order chi connectivity index (χ0) is 13.4. The van der Waals surface area contributed by atoms with Gasteiger partial charge >= 0.3 is 0 Å². The Morgan fingerprint density at radius 1 is 1.42 bits per heavy atom. The fraction of sp³-hybridized carbons (Fsp3) is 0.571. The number of nitrogens with zero attached hydrogens (tertiary/aromatic N) is 2. The van der Waals surface area contributed by atoms with E-state index in [1.54, 1.807) is 12.1 Å². The van der Waals surface area contributed by atoms with Crippen LogP contribution in [0.25, 0.3) is 0 Å². The maximum atomic E-state index is 11.2. The smallest absolute Gasteiger partial charge is 0.292 e. The summed E-state index contributed by atoms with van der Waals surface area (Å²) in [5.74, 6) is 0.632. The molecule has 5 heteroatoms. The summed E-state index contributed by atoms with van der Waals surface area (Å²) in [6.45, 7) is 4.88. The van der Waals surface area contributed by atoms with E-state index in [2.05, 4.69) is 10.2 Å². The zero-order valence-corrected chi connectivity index (χ0v) is 11.1. The fourth-order valence-corrected chi connectivity index (χ4v) is 3.45. The molecule has 5 nitrogen and oxygen atoms in total. The molecule has 0 saturated carbocycles. The standard InChI is InChI=1S/C14H19N3O2/c1-10-3-2-4-13(17(18)19)14(10)16-8-6-12-11(9-16)5-7-15-12/h2-4,11-12,15H,5-9H2,1H3. The van der Waals surface area contributed by atoms with Crippen molar-refractivity contribution in [3.8, 4) is 0 Å². The van der Waals surface area contributed by atoms with Crippen LogP contribution in [0.2, 0.25) is 0 Å². The molecule has 2 atom stereocenters. The first kappa shape index (κ1) is 12.4. The van der Waals surface area contributed by atoms with E-state index in [1.807, 2.05) is 13.0 Å². The van der Waals surface area contributed by atoms with Gasteiger partial charge in [0.05, 0.1) is 4.92 Å². The molecular weight excluding hydrogens is 242 g/mol. The Morgan fingerprint density at radius 3 is 3.05 bits per heavy atom. The number of anilines is 1. The van der Waals surface area contributed by atoms with Crippen molar-refractivity contribution < 1.29 is 4.92 Å². The lowest BCUT2D eigenvalue weighted by Gasteiger charge is -2.36. The highest BCUT2D eigenvalue weighted by molar-refractivity contribution is 5.68. The predicted molar refractivity (Wildman–Crippen MR) is 74.6 cm³/mol. The highest BCUT2D eigenvalue weighted by Gasteiger charge is 2.34. The average molecular weight is 261 g/mol. The number of nitrogens with one attached hydrogen (secondary N) is 1. The number of hydrogen-bond donors (Lipinski definition) is 1. The molecule has 2 saturated heterocycles. The molecule has 2 fully saturated rings. The Kier molecular flexibility index (Phi) is 3.14. The summed E-state index contributed by atoms with van der Waals surface area (Å²) in [7, 11) is 0. The number of aryl methyl sites for hydroxylation is 1. The number of nitro groups is 1. The molecule has 0 spiro atoms. The second-order valence-corrected chi connectivity index (χ2v) is 5.54. The van der Waals surface area contributed by atoms with Crippen molar-refractivity contribution in [2.75, 3.05) is 24.5 Å². The number of benzene rings is 1. The molecule has 0 amide bonds. The first-order chi connectivity index (χ1) is 9.16. The van der Waals surface area contributed by atoms with Gasteiger partial charge in [-0.1, -0.05) is 12.1 Å². The third kappa shape index (κ3) is 2.18. The van der Waals surface area contributed by atoms with Crippen LogP contribution < -0.4 is 10.2 Å². The maximum Gasteiger partial charge on any atom is 0.292 e. The summed E-state index contributed by atoms with van der Waals surface area (Å²) in [5.41, 5.74) is 2.06. The van der Waals surface area contributed by atoms with E-state index in [0.717, 1.165) is 37.3 Å². The normalized spacial score (nSPS) is 26.3. The number of para-hydroxylation sites is 1. The van der Waals surface area contributed by atoms with Crippen LogP contribution in [0.1, 0.15) is 18.4 Å². The summed E-state index contributed by atoms with van der Waals surface area (Å²) in [4.78, 5) is 13.2. The molecule has 1 aromatic rings. The largest absolute Gasteiger partial charge is 0.365 e. The molecule has 1 aromatic carbocycles. The van der Waals surface area contributed by atoms with Crippen LogP contribution in [-0.4, -0.2) is 30.6 Å². The zero-order valence-electron chi connectivity index (χ0n) is 11.1. The molecule has 1 N–H and O–H groups in total. The van der Waals surface area contributed by atoms with E-state index < -0.39 is 0 Å². The number of rotatable bonds is 2. The molecule has 0 aliphatic carbocycles. The number of hydrogen-bond acceptors (Lipinski definition) is 4. The number of nitro benzene ring substituents is 1. The molecular formula is C14H19N3O2. The summed E-state index contributed by atoms with van der Waals surface area (Å²) in [6, 6.07) is 5.95. The van der Waals surface area contributed by atoms with Gasteiger partial charge < -0.3 is 10.2 Å². The van der Waals surface area contributed by atoms with Gasteiger partial charge in [-0.3, -0.25) is 10.1 Å². The second-order valence-electron chi connectivity index (χ2n) is 5.54. The van der Waals surface area contributed by atoms with Crippen molar-refractivity contribution in [1.29, 1.82) is 0 Å². The van der Waals surface area contributed by atoms with Gasteiger partial charge in [-0.25, -0.2) is 0 Å². The van der Waals surface area contributed by atoms with Gasteiger partial charge in [-0.2, -0.15) is 0 Å². The molecule has 0 bridgehead atoms. The number of fused-ring (bicyclic) bond motifs is 1. The van der Waals surface area contributed by atoms with Crippen LogP contribution in [0.15, 0.2) is 18.2 Å². The maximum absolute atomic E-state index is 11.2. The van der Waals surface area contributed by atoms with E-state index in [1.165, 1.54) is 6.42 Å². The van der Waals surface area contributed by atoms with Gasteiger partial charge in [0.25, 0.3) is 5.69 Å². The molecule has 2 aliphatic heterocycles. The van der Waals surface area contributed by atoms with Crippen LogP contribution in [0.4, 0.5) is 11.4 Å². The third-order valence-corrected chi connectivity index (χ3v) is 4.38. The van der Waals surface area contributed by atoms with Gasteiger partial charge in [0.2, 0.25) is 0 Å². The molecule has 2 unspecified atom stereocenters. The van der Waals surface area contributed by atoms with Crippen molar-refractivity contribution in [3.05, 3.63) is 33.9 Å². The van der Waals surface area contributed by atoms with Crippen molar-refractivity contribution in [1.82, 2.24) is 5.32 Å². The predicted octanol–water partition coefficient (Wildman–Crippen LogP) is 2.09. The van der Waals surface area contributed by atoms with Crippen molar-refractivity contribution in [2.24, 2.45) is 5.92 Å². The van der Waals surface area contributed by atoms with Crippen molar-refractivity contribution >= 4 is 11.4 Å². The fourth-order valence-electron chi connectivity index (χ4n) is 3.45. The van der Waals surface area contributed by atoms with E-state index in [4.69, 9.17) is 0 Å². The monoisotopic (exact) mass is 261 g/mol. The molecule has 0 radical (unpaired) electrons. The van der Waals surface area contributed by atoms with E-state index >= 15 is 0 Å². The highest BCUT2D eigenvalue weighted by Crippen LogP contribution is 2.35. The van der Waals surface area contributed by atoms with Crippen LogP contribution in [-0.2, 0) is 0 Å². The molecule has 2 aliphatic rings. The Morgan fingerprint density at radius 2 is 2.26 bits per heavy atom. The lowest BCUT2D eigenvalue weighted by molar-refractivity contribution is -0.384. The minimum absolute atomic E-state index is 0.240. The highest BCUT2D eigenvalue weighted by atomic mass is 16.6. The lowest BCUT2D eigenvalue weighted by atomic mass is 9.92. The molecule has 2 heterocycles. The van der Waals surface area contributed by atoms with Crippen LogP contribution >= 0.6 is 0 Å². The molecule has 102 valence electrons. The minimum atomic E-state index is -0.263. The van der Waals surface area contributed by atoms with Gasteiger partial charge in [-0.05, 0) is 37.8 Å². The Hall–Kier alpha value is -1.62. The van der Waals surface area contributed by atoms with Gasteiger partial charge in [-0.15, -0.1) is 0 Å². The Bertz CT molecular complexity index is 503. The summed E-state index contributed by atoms with van der Waals surface area (Å²) in [5, 5.41) is 14.7. The first-order valence-electron chi connectivity index (χ1n) is 6.89. The van der Waals surface area contributed by atoms with Crippen molar-refractivity contribution in [3.63, 3.8) is 0 Å². The van der Waals surface area contributed by atoms with E-state index in [-0.39, 0.29) is 10.6 Å². The van der Waals surface area contributed by atoms with E-state index in [9.17, 15) is 10.1 Å². The molecule has 3 rings (SSSR count). The molecule has 19 heavy (non-hydrogen) atoms. The second kappa shape index (κ2) is 4.81. The van der Waals surface area contributed by atoms with Gasteiger partial charge in [0.1, 0.15) is 5.69 Å². The van der Waals surface area contributed by atoms with Gasteiger partial charge in [0, 0.05) is 25.2 Å². The average Bonchev–Trinajstić information content (AvgIpc) is 2.85. The SMILES string of the molecule is Cc1cccc([N+](=O)[O-])c1N1CCC2NCCC2C1. The Labute approximate surface area is 112 Å². The van der Waals surface area contributed by atoms with Crippen LogP contribution in [0.3, 0.4) is 0 Å². The summed E-state index contributed by atoms with van der Waals surface area (Å²) in [6.07, 6.45) is 2.26. The minimum Gasteiger partial charge on any atom is -0.365 e. The van der Waals surface area contributed by atoms with Gasteiger partial charge in [0.15, 0.2) is 0 Å². The quantitative estimate of drug-likeness (QED) is 0.654. The van der Waals surface area contributed by atoms with Crippen LogP contribution in [0, 0.1) is 23.0 Å². The summed E-state index contributed by atoms with van der Waals surface area (Å²) >= 11 is 0. The third-order valence-electron chi connectivity index (χ3n) is 4.38. The summed E-state index contributed by atoms with van der Waals surface area (Å²) < 4.78 is 0. The topological polar surface area (TPSA) is 58.4 Å². The first-order valence-corrected chi connectivity index (χ1v) is 6.89. The number of piperidine rings is 1. The van der Waals surface area contributed by atoms with Crippen molar-refractivity contribution in [2.45, 2.75) is 25.8 Å². The lowest BCUT2D eigenvalue weighted by Crippen LogP contribution is -2.44.